The molecule has 0 amide bonds. The van der Waals surface area contributed by atoms with E-state index in [0.29, 0.717) is 11.1 Å². The Labute approximate surface area is 108 Å². The maximum Gasteiger partial charge on any atom is 0.134 e. The Morgan fingerprint density at radius 3 is 2.82 bits per heavy atom. The monoisotopic (exact) mass is 253 g/mol. The number of halogens is 1. The van der Waals surface area contributed by atoms with E-state index in [1.165, 1.54) is 32.1 Å². The van der Waals surface area contributed by atoms with E-state index < -0.39 is 0 Å². The summed E-state index contributed by atoms with van der Waals surface area (Å²) >= 11 is 5.90. The summed E-state index contributed by atoms with van der Waals surface area (Å²) in [6, 6.07) is 5.87. The maximum absolute atomic E-state index is 9.37. The highest BCUT2D eigenvalue weighted by molar-refractivity contribution is 6.32. The number of aromatic hydroxyl groups is 1. The lowest BCUT2D eigenvalue weighted by molar-refractivity contribution is 0.475. The third-order valence-corrected chi connectivity index (χ3v) is 3.88. The van der Waals surface area contributed by atoms with E-state index in [2.05, 4.69) is 12.2 Å². The second-order valence-electron chi connectivity index (χ2n) is 5.12. The van der Waals surface area contributed by atoms with Crippen molar-refractivity contribution in [1.29, 1.82) is 0 Å². The molecule has 0 heterocycles. The molecule has 2 N–H and O–H groups in total. The predicted molar refractivity (Wildman–Crippen MR) is 72.8 cm³/mol. The van der Waals surface area contributed by atoms with E-state index in [-0.39, 0.29) is 5.75 Å². The molecular formula is C14H20ClNO. The third kappa shape index (κ3) is 3.53. The number of nitrogens with one attached hydrogen (secondary N) is 1. The fourth-order valence-corrected chi connectivity index (χ4v) is 2.64. The first-order valence-electron chi connectivity index (χ1n) is 6.40. The first-order valence-corrected chi connectivity index (χ1v) is 6.78. The van der Waals surface area contributed by atoms with E-state index in [4.69, 9.17) is 11.6 Å². The molecule has 1 aromatic carbocycles. The van der Waals surface area contributed by atoms with Gasteiger partial charge in [0.05, 0.1) is 5.02 Å². The molecule has 0 bridgehead atoms. The molecular weight excluding hydrogens is 234 g/mol. The molecule has 0 spiro atoms. The lowest BCUT2D eigenvalue weighted by atomic mass is 10.0. The Balaban J connectivity index is 1.97. The molecule has 1 aromatic rings. The molecule has 1 fully saturated rings. The first-order chi connectivity index (χ1) is 8.15. The van der Waals surface area contributed by atoms with E-state index in [9.17, 15) is 5.11 Å². The zero-order valence-corrected chi connectivity index (χ0v) is 11.0. The molecule has 94 valence electrons. The zero-order valence-electron chi connectivity index (χ0n) is 10.2. The Bertz CT molecular complexity index is 380. The van der Waals surface area contributed by atoms with Crippen LogP contribution >= 0.6 is 11.6 Å². The zero-order chi connectivity index (χ0) is 12.3. The van der Waals surface area contributed by atoms with Crippen LogP contribution in [0.5, 0.6) is 5.75 Å². The second-order valence-corrected chi connectivity index (χ2v) is 5.53. The van der Waals surface area contributed by atoms with E-state index >= 15 is 0 Å². The van der Waals surface area contributed by atoms with Crippen LogP contribution in [0.1, 0.15) is 39.0 Å². The number of phenolic OH excluding ortho intramolecular Hbond substituents is 1. The largest absolute Gasteiger partial charge is 0.506 e. The lowest BCUT2D eigenvalue weighted by Gasteiger charge is -2.18. The minimum Gasteiger partial charge on any atom is -0.506 e. The molecule has 0 saturated heterocycles. The van der Waals surface area contributed by atoms with Crippen LogP contribution in [0.15, 0.2) is 18.2 Å². The summed E-state index contributed by atoms with van der Waals surface area (Å²) in [6.45, 7) is 2.33. The number of rotatable bonds is 2. The molecule has 2 nitrogen and oxygen atoms in total. The van der Waals surface area contributed by atoms with E-state index in [1.54, 1.807) is 12.1 Å². The summed E-state index contributed by atoms with van der Waals surface area (Å²) in [5.74, 6) is 0.997. The highest BCUT2D eigenvalue weighted by Gasteiger charge is 2.16. The fraction of sp³-hybridized carbons (Fsp3) is 0.571. The van der Waals surface area contributed by atoms with Crippen LogP contribution in [0, 0.1) is 5.92 Å². The molecule has 1 aliphatic carbocycles. The van der Waals surface area contributed by atoms with Gasteiger partial charge in [-0.1, -0.05) is 31.4 Å². The Hall–Kier alpha value is -0.890. The van der Waals surface area contributed by atoms with Crippen LogP contribution in [0.3, 0.4) is 0 Å². The smallest absolute Gasteiger partial charge is 0.134 e. The van der Waals surface area contributed by atoms with Gasteiger partial charge in [0.2, 0.25) is 0 Å². The molecule has 0 aromatic heterocycles. The molecule has 3 heteroatoms. The average molecular weight is 254 g/mol. The van der Waals surface area contributed by atoms with Crippen LogP contribution < -0.4 is 5.32 Å². The van der Waals surface area contributed by atoms with Crippen molar-refractivity contribution < 1.29 is 5.11 Å². The van der Waals surface area contributed by atoms with Gasteiger partial charge in [-0.3, -0.25) is 0 Å². The Morgan fingerprint density at radius 1 is 1.24 bits per heavy atom. The van der Waals surface area contributed by atoms with Crippen LogP contribution in [0.25, 0.3) is 0 Å². The van der Waals surface area contributed by atoms with Gasteiger partial charge in [-0.25, -0.2) is 0 Å². The fourth-order valence-electron chi connectivity index (χ4n) is 2.46. The van der Waals surface area contributed by atoms with Gasteiger partial charge in [0, 0.05) is 11.7 Å². The van der Waals surface area contributed by atoms with Crippen LogP contribution in [0.2, 0.25) is 5.02 Å². The van der Waals surface area contributed by atoms with E-state index in [0.717, 1.165) is 11.6 Å². The van der Waals surface area contributed by atoms with Gasteiger partial charge in [0.15, 0.2) is 0 Å². The molecule has 0 radical (unpaired) electrons. The van der Waals surface area contributed by atoms with E-state index in [1.807, 2.05) is 6.07 Å². The number of anilines is 1. The van der Waals surface area contributed by atoms with Crippen molar-refractivity contribution >= 4 is 17.3 Å². The first kappa shape index (κ1) is 12.6. The molecule has 17 heavy (non-hydrogen) atoms. The van der Waals surface area contributed by atoms with Crippen molar-refractivity contribution in [2.75, 3.05) is 5.32 Å². The van der Waals surface area contributed by atoms with Gasteiger partial charge >= 0.3 is 0 Å². The molecule has 2 rings (SSSR count). The highest BCUT2D eigenvalue weighted by atomic mass is 35.5. The number of phenols is 1. The summed E-state index contributed by atoms with van der Waals surface area (Å²) in [5, 5.41) is 13.3. The van der Waals surface area contributed by atoms with Crippen LogP contribution in [-0.2, 0) is 0 Å². The van der Waals surface area contributed by atoms with Crippen molar-refractivity contribution in [3.8, 4) is 5.75 Å². The summed E-state index contributed by atoms with van der Waals surface area (Å²) in [6.07, 6.45) is 6.38. The lowest BCUT2D eigenvalue weighted by Crippen LogP contribution is -2.18. The van der Waals surface area contributed by atoms with Crippen molar-refractivity contribution in [3.63, 3.8) is 0 Å². The van der Waals surface area contributed by atoms with Crippen molar-refractivity contribution in [3.05, 3.63) is 23.2 Å². The number of hydrogen-bond acceptors (Lipinski definition) is 2. The number of hydrogen-bond donors (Lipinski definition) is 2. The van der Waals surface area contributed by atoms with Gasteiger partial charge < -0.3 is 10.4 Å². The standard InChI is InChI=1S/C14H20ClNO/c1-10-3-2-4-11(6-5-10)16-12-7-8-14(17)13(15)9-12/h7-11,16-17H,2-6H2,1H3. The van der Waals surface area contributed by atoms with Gasteiger partial charge in [0.1, 0.15) is 5.75 Å². The molecule has 0 aliphatic heterocycles. The minimum absolute atomic E-state index is 0.145. The maximum atomic E-state index is 9.37. The Kier molecular flexibility index (Phi) is 4.16. The normalized spacial score (nSPS) is 25.3. The second kappa shape index (κ2) is 5.63. The Morgan fingerprint density at radius 2 is 2.06 bits per heavy atom. The molecule has 2 atom stereocenters. The van der Waals surface area contributed by atoms with Crippen LogP contribution in [0.4, 0.5) is 5.69 Å². The average Bonchev–Trinajstić information content (AvgIpc) is 2.49. The third-order valence-electron chi connectivity index (χ3n) is 3.58. The summed E-state index contributed by atoms with van der Waals surface area (Å²) < 4.78 is 0. The molecule has 2 unspecified atom stereocenters. The number of benzene rings is 1. The van der Waals surface area contributed by atoms with Gasteiger partial charge in [-0.2, -0.15) is 0 Å². The molecule has 1 saturated carbocycles. The van der Waals surface area contributed by atoms with Gasteiger partial charge in [-0.05, 0) is 43.4 Å². The molecule has 1 aliphatic rings. The minimum atomic E-state index is 0.145. The van der Waals surface area contributed by atoms with Gasteiger partial charge in [-0.15, -0.1) is 0 Å². The summed E-state index contributed by atoms with van der Waals surface area (Å²) in [7, 11) is 0. The summed E-state index contributed by atoms with van der Waals surface area (Å²) in [5.41, 5.74) is 1.01. The van der Waals surface area contributed by atoms with Crippen molar-refractivity contribution in [2.24, 2.45) is 5.92 Å². The van der Waals surface area contributed by atoms with Crippen molar-refractivity contribution in [2.45, 2.75) is 45.1 Å². The topological polar surface area (TPSA) is 32.3 Å². The SMILES string of the molecule is CC1CCCC(Nc2ccc(O)c(Cl)c2)CC1. The highest BCUT2D eigenvalue weighted by Crippen LogP contribution is 2.29. The van der Waals surface area contributed by atoms with Gasteiger partial charge in [0.25, 0.3) is 0 Å². The quantitative estimate of drug-likeness (QED) is 0.604. The van der Waals surface area contributed by atoms with Crippen LogP contribution in [-0.4, -0.2) is 11.1 Å². The van der Waals surface area contributed by atoms with Crippen molar-refractivity contribution in [1.82, 2.24) is 0 Å². The predicted octanol–water partition coefficient (Wildman–Crippen LogP) is 4.43. The summed E-state index contributed by atoms with van der Waals surface area (Å²) in [4.78, 5) is 0.